The van der Waals surface area contributed by atoms with Crippen LogP contribution in [0.3, 0.4) is 0 Å². The van der Waals surface area contributed by atoms with Crippen LogP contribution in [0.1, 0.15) is 37.9 Å². The maximum absolute atomic E-state index is 11.0. The highest BCUT2D eigenvalue weighted by Gasteiger charge is 2.32. The summed E-state index contributed by atoms with van der Waals surface area (Å²) >= 11 is 0. The van der Waals surface area contributed by atoms with E-state index in [-0.39, 0.29) is 0 Å². The van der Waals surface area contributed by atoms with E-state index in [1.165, 1.54) is 0 Å². The number of benzene rings is 1. The minimum atomic E-state index is -0.531. The maximum atomic E-state index is 11.0. The van der Waals surface area contributed by atoms with Crippen LogP contribution < -0.4 is 4.90 Å². The van der Waals surface area contributed by atoms with Gasteiger partial charge in [-0.1, -0.05) is 0 Å². The molecule has 33 heavy (non-hydrogen) atoms. The highest BCUT2D eigenvalue weighted by atomic mass is 16.1. The fraction of sp³-hybridized carbons (Fsp3) is 0.391. The highest BCUT2D eigenvalue weighted by molar-refractivity contribution is 6.50. The molecule has 170 valence electrons. The largest absolute Gasteiger partial charge is 0.372 e. The number of isocyanates is 1. The molecule has 0 amide bonds. The molecule has 10 heteroatoms. The van der Waals surface area contributed by atoms with E-state index in [1.807, 2.05) is 33.0 Å². The van der Waals surface area contributed by atoms with Crippen molar-refractivity contribution in [2.45, 2.75) is 40.7 Å². The van der Waals surface area contributed by atoms with Gasteiger partial charge in [0.15, 0.2) is 0 Å². The molecule has 0 fully saturated rings. The van der Waals surface area contributed by atoms with E-state index >= 15 is 0 Å². The number of rotatable bonds is 7. The van der Waals surface area contributed by atoms with Gasteiger partial charge in [-0.05, 0) is 64.4 Å². The summed E-state index contributed by atoms with van der Waals surface area (Å²) in [4.78, 5) is 22.0. The summed E-state index contributed by atoms with van der Waals surface area (Å²) in [6.45, 7) is 11.9. The lowest BCUT2D eigenvalue weighted by Crippen LogP contribution is -2.23. The van der Waals surface area contributed by atoms with Crippen molar-refractivity contribution in [2.75, 3.05) is 18.0 Å². The van der Waals surface area contributed by atoms with E-state index in [9.17, 15) is 4.79 Å². The Balaban J connectivity index is 1.82. The van der Waals surface area contributed by atoms with Gasteiger partial charge in [0.05, 0.1) is 5.69 Å². The van der Waals surface area contributed by atoms with Crippen LogP contribution in [-0.4, -0.2) is 61.3 Å². The van der Waals surface area contributed by atoms with Crippen LogP contribution in [-0.2, 0) is 11.8 Å². The van der Waals surface area contributed by atoms with Gasteiger partial charge < -0.3 is 4.90 Å². The van der Waals surface area contributed by atoms with Gasteiger partial charge in [0, 0.05) is 31.5 Å². The number of nitrogens with zero attached hydrogens (tertiary/aromatic N) is 9. The molecule has 0 radical (unpaired) electrons. The van der Waals surface area contributed by atoms with Gasteiger partial charge in [0.1, 0.15) is 23.2 Å². The summed E-state index contributed by atoms with van der Waals surface area (Å²) in [5.74, 6) is 0.996. The van der Waals surface area contributed by atoms with Crippen molar-refractivity contribution in [3.05, 3.63) is 41.3 Å². The molecule has 1 aromatic carbocycles. The first-order valence-corrected chi connectivity index (χ1v) is 10.9. The van der Waals surface area contributed by atoms with E-state index in [4.69, 9.17) is 4.99 Å². The Morgan fingerprint density at radius 2 is 1.85 bits per heavy atom. The molecular weight excluding hydrogens is 418 g/mol. The van der Waals surface area contributed by atoms with Gasteiger partial charge in [0.25, 0.3) is 0 Å². The van der Waals surface area contributed by atoms with Crippen LogP contribution in [0.25, 0.3) is 11.5 Å². The van der Waals surface area contributed by atoms with Crippen LogP contribution in [0.15, 0.2) is 39.4 Å². The van der Waals surface area contributed by atoms with Crippen LogP contribution >= 0.6 is 0 Å². The van der Waals surface area contributed by atoms with Crippen molar-refractivity contribution in [3.8, 4) is 11.5 Å². The normalized spacial score (nSPS) is 14.7. The van der Waals surface area contributed by atoms with Crippen molar-refractivity contribution in [1.29, 1.82) is 0 Å². The second kappa shape index (κ2) is 8.91. The topological polar surface area (TPSA) is 106 Å². The molecule has 0 spiro atoms. The van der Waals surface area contributed by atoms with Crippen LogP contribution in [0.5, 0.6) is 0 Å². The molecule has 1 unspecified atom stereocenters. The Labute approximate surface area is 192 Å². The zero-order valence-electron chi connectivity index (χ0n) is 19.7. The van der Waals surface area contributed by atoms with Gasteiger partial charge >= 0.3 is 0 Å². The fourth-order valence-corrected chi connectivity index (χ4v) is 3.82. The molecule has 1 aliphatic rings. The minimum absolute atomic E-state index is 0.489. The summed E-state index contributed by atoms with van der Waals surface area (Å²) in [7, 11) is 1.87. The number of aryl methyl sites for hydroxylation is 3. The standard InChI is InChI=1S/C23H27N9O/c1-7-31(8-2)17-9-10-18(14(3)11-17)25-21-20(16(5)24-13-33)29-32-22(26-27-23(21)32)19-12-15(4)30(6)28-19/h9-12,16H,7-8H2,1-6H3. The molecular formula is C23H27N9O. The van der Waals surface area contributed by atoms with Gasteiger partial charge in [-0.3, -0.25) is 4.68 Å². The summed E-state index contributed by atoms with van der Waals surface area (Å²) in [5.41, 5.74) is 5.68. The molecule has 1 aliphatic heterocycles. The lowest BCUT2D eigenvalue weighted by Gasteiger charge is -2.21. The second-order valence-electron chi connectivity index (χ2n) is 7.94. The smallest absolute Gasteiger partial charge is 0.235 e. The molecule has 2 aromatic heterocycles. The molecule has 0 aliphatic carbocycles. The first-order valence-electron chi connectivity index (χ1n) is 10.9. The summed E-state index contributed by atoms with van der Waals surface area (Å²) < 4.78 is 3.39. The average molecular weight is 446 g/mol. The van der Waals surface area contributed by atoms with E-state index in [0.717, 1.165) is 35.7 Å². The van der Waals surface area contributed by atoms with Crippen LogP contribution in [0.4, 0.5) is 11.4 Å². The van der Waals surface area contributed by atoms with Gasteiger partial charge in [0.2, 0.25) is 17.7 Å². The molecule has 0 bridgehead atoms. The number of fused-ring (bicyclic) bond motifs is 1. The lowest BCUT2D eigenvalue weighted by molar-refractivity contribution is 0.562. The predicted octanol–water partition coefficient (Wildman–Crippen LogP) is 3.20. The predicted molar refractivity (Wildman–Crippen MR) is 128 cm³/mol. The SMILES string of the molecule is CCN(CC)c1ccc(N=C2C(C(C)N=C=O)=Nn3c2nnc3-c2cc(C)n(C)n2)c(C)c1. The summed E-state index contributed by atoms with van der Waals surface area (Å²) in [6, 6.07) is 7.56. The molecule has 0 saturated carbocycles. The number of aliphatic imine (C=N–C) groups is 2. The van der Waals surface area contributed by atoms with Gasteiger partial charge in [-0.15, -0.1) is 10.2 Å². The van der Waals surface area contributed by atoms with Crippen molar-refractivity contribution in [3.63, 3.8) is 0 Å². The van der Waals surface area contributed by atoms with E-state index in [1.54, 1.807) is 22.4 Å². The second-order valence-corrected chi connectivity index (χ2v) is 7.94. The Bertz CT molecular complexity index is 1280. The summed E-state index contributed by atoms with van der Waals surface area (Å²) in [5, 5.41) is 17.8. The molecule has 0 N–H and O–H groups in total. The lowest BCUT2D eigenvalue weighted by atomic mass is 10.1. The number of carbonyl (C=O) groups excluding carboxylic acids is 1. The van der Waals surface area contributed by atoms with Crippen molar-refractivity contribution in [1.82, 2.24) is 24.7 Å². The monoisotopic (exact) mass is 445 g/mol. The first-order chi connectivity index (χ1) is 15.9. The van der Waals surface area contributed by atoms with Crippen molar-refractivity contribution >= 4 is 28.9 Å². The molecule has 0 saturated heterocycles. The molecule has 4 rings (SSSR count). The third-order valence-electron chi connectivity index (χ3n) is 5.83. The first kappa shape index (κ1) is 22.3. The summed E-state index contributed by atoms with van der Waals surface area (Å²) in [6.07, 6.45) is 1.62. The Hall–Kier alpha value is -3.91. The molecule has 3 aromatic rings. The highest BCUT2D eigenvalue weighted by Crippen LogP contribution is 2.28. The number of aromatic nitrogens is 5. The third kappa shape index (κ3) is 4.01. The quantitative estimate of drug-likeness (QED) is 0.410. The molecule has 10 nitrogen and oxygen atoms in total. The van der Waals surface area contributed by atoms with E-state index in [2.05, 4.69) is 56.3 Å². The number of hydrogen-bond acceptors (Lipinski definition) is 8. The van der Waals surface area contributed by atoms with Crippen molar-refractivity contribution < 1.29 is 4.79 Å². The number of anilines is 1. The van der Waals surface area contributed by atoms with Gasteiger partial charge in [-0.25, -0.2) is 9.79 Å². The van der Waals surface area contributed by atoms with Crippen LogP contribution in [0.2, 0.25) is 0 Å². The third-order valence-corrected chi connectivity index (χ3v) is 5.83. The van der Waals surface area contributed by atoms with E-state index in [0.29, 0.717) is 28.8 Å². The molecule has 3 heterocycles. The average Bonchev–Trinajstić information content (AvgIpc) is 3.45. The van der Waals surface area contributed by atoms with Crippen molar-refractivity contribution in [2.24, 2.45) is 22.1 Å². The maximum Gasteiger partial charge on any atom is 0.235 e. The Morgan fingerprint density at radius 3 is 2.45 bits per heavy atom. The Morgan fingerprint density at radius 1 is 1.12 bits per heavy atom. The van der Waals surface area contributed by atoms with Crippen LogP contribution in [0, 0.1) is 13.8 Å². The van der Waals surface area contributed by atoms with Gasteiger partial charge in [-0.2, -0.15) is 19.9 Å². The zero-order valence-corrected chi connectivity index (χ0v) is 19.7. The van der Waals surface area contributed by atoms with E-state index < -0.39 is 6.04 Å². The zero-order chi connectivity index (χ0) is 23.7. The molecule has 1 atom stereocenters. The minimum Gasteiger partial charge on any atom is -0.372 e. The fourth-order valence-electron chi connectivity index (χ4n) is 3.82. The Kier molecular flexibility index (Phi) is 6.02. The number of hydrogen-bond donors (Lipinski definition) is 0.